The number of hydrogen-bond donors (Lipinski definition) is 2. The normalized spacial score (nSPS) is 15.7. The van der Waals surface area contributed by atoms with Gasteiger partial charge in [-0.3, -0.25) is 9.59 Å². The average Bonchev–Trinajstić information content (AvgIpc) is 3.18. The van der Waals surface area contributed by atoms with Crippen molar-refractivity contribution < 1.29 is 14.7 Å². The van der Waals surface area contributed by atoms with E-state index in [-0.39, 0.29) is 18.4 Å². The minimum absolute atomic E-state index is 0.113. The third-order valence-electron chi connectivity index (χ3n) is 4.64. The number of amides is 1. The van der Waals surface area contributed by atoms with E-state index < -0.39 is 0 Å². The van der Waals surface area contributed by atoms with Crippen molar-refractivity contribution >= 4 is 18.2 Å². The van der Waals surface area contributed by atoms with E-state index in [1.54, 1.807) is 6.20 Å². The van der Waals surface area contributed by atoms with E-state index in [2.05, 4.69) is 15.2 Å². The molecule has 0 radical (unpaired) electrons. The number of hydrogen-bond acceptors (Lipinski definition) is 5. The molecule has 1 aliphatic heterocycles. The Hall–Kier alpha value is -2.93. The molecule has 1 amide bonds. The number of rotatable bonds is 5. The lowest BCUT2D eigenvalue weighted by Crippen LogP contribution is -2.30. The van der Waals surface area contributed by atoms with E-state index in [1.807, 2.05) is 62.4 Å². The molecule has 7 nitrogen and oxygen atoms in total. The zero-order valence-corrected chi connectivity index (χ0v) is 16.6. The number of likely N-dealkylation sites (tertiary alicyclic amines) is 1. The van der Waals surface area contributed by atoms with Gasteiger partial charge >= 0.3 is 0 Å². The maximum absolute atomic E-state index is 13.0. The molecule has 2 heterocycles. The van der Waals surface area contributed by atoms with Gasteiger partial charge in [0.25, 0.3) is 12.4 Å². The molecule has 1 aromatic carbocycles. The molecule has 28 heavy (non-hydrogen) atoms. The summed E-state index contributed by atoms with van der Waals surface area (Å²) >= 11 is 0. The fourth-order valence-corrected chi connectivity index (χ4v) is 3.43. The molecular weight excluding hydrogens is 356 g/mol. The van der Waals surface area contributed by atoms with Crippen LogP contribution in [0.25, 0.3) is 0 Å². The van der Waals surface area contributed by atoms with Crippen LogP contribution in [-0.4, -0.2) is 60.0 Å². The first-order valence-corrected chi connectivity index (χ1v) is 9.26. The minimum atomic E-state index is -0.250. The van der Waals surface area contributed by atoms with Gasteiger partial charge in [-0.2, -0.15) is 0 Å². The molecule has 1 unspecified atom stereocenters. The van der Waals surface area contributed by atoms with Gasteiger partial charge in [0.2, 0.25) is 0 Å². The van der Waals surface area contributed by atoms with Crippen LogP contribution in [-0.2, 0) is 11.3 Å². The highest BCUT2D eigenvalue weighted by Gasteiger charge is 2.30. The summed E-state index contributed by atoms with van der Waals surface area (Å²) in [6.07, 6.45) is 3.84. The smallest absolute Gasteiger partial charge is 0.290 e. The van der Waals surface area contributed by atoms with Crippen molar-refractivity contribution in [2.45, 2.75) is 25.4 Å². The minimum Gasteiger partial charge on any atom is -0.483 e. The molecule has 150 valence electrons. The van der Waals surface area contributed by atoms with Crippen molar-refractivity contribution in [1.82, 2.24) is 14.8 Å². The number of aromatic nitrogens is 1. The van der Waals surface area contributed by atoms with Gasteiger partial charge in [-0.1, -0.05) is 12.1 Å². The van der Waals surface area contributed by atoms with Gasteiger partial charge in [0.15, 0.2) is 0 Å². The summed E-state index contributed by atoms with van der Waals surface area (Å²) in [6, 6.07) is 12.2. The zero-order valence-electron chi connectivity index (χ0n) is 16.6. The van der Waals surface area contributed by atoms with Crippen LogP contribution in [0, 0.1) is 0 Å². The van der Waals surface area contributed by atoms with Crippen LogP contribution >= 0.6 is 0 Å². The summed E-state index contributed by atoms with van der Waals surface area (Å²) in [5.41, 5.74) is 3.12. The molecule has 1 fully saturated rings. The number of carbonyl (C=O) groups is 2. The standard InChI is InChI=1S/C20H26N4O.CH2O2/c1-21-19-13-17(10-11-22-19)18-5-4-12-24(18)20(25)16-8-6-15(7-9-16)14-23(2)3;2-1-3/h6-11,13,18H,4-5,12,14H2,1-3H3,(H,21,22);1H,(H,2,3). The molecule has 0 spiro atoms. The second-order valence-electron chi connectivity index (χ2n) is 6.92. The Bertz CT molecular complexity index is 777. The van der Waals surface area contributed by atoms with Crippen LogP contribution in [0.3, 0.4) is 0 Å². The van der Waals surface area contributed by atoms with Crippen LogP contribution in [0.4, 0.5) is 5.82 Å². The molecule has 1 aliphatic rings. The van der Waals surface area contributed by atoms with Crippen LogP contribution in [0.2, 0.25) is 0 Å². The molecule has 2 aromatic rings. The average molecular weight is 384 g/mol. The maximum Gasteiger partial charge on any atom is 0.290 e. The maximum atomic E-state index is 13.0. The number of carbonyl (C=O) groups excluding carboxylic acids is 1. The highest BCUT2D eigenvalue weighted by atomic mass is 16.3. The summed E-state index contributed by atoms with van der Waals surface area (Å²) in [7, 11) is 5.95. The highest BCUT2D eigenvalue weighted by Crippen LogP contribution is 2.33. The summed E-state index contributed by atoms with van der Waals surface area (Å²) < 4.78 is 0. The van der Waals surface area contributed by atoms with Crippen LogP contribution in [0.1, 0.15) is 40.4 Å². The highest BCUT2D eigenvalue weighted by molar-refractivity contribution is 5.94. The first-order chi connectivity index (χ1) is 13.5. The molecule has 7 heteroatoms. The van der Waals surface area contributed by atoms with Gasteiger partial charge in [0.05, 0.1) is 6.04 Å². The topological polar surface area (TPSA) is 85.8 Å². The predicted molar refractivity (Wildman–Crippen MR) is 109 cm³/mol. The monoisotopic (exact) mass is 384 g/mol. The van der Waals surface area contributed by atoms with E-state index in [9.17, 15) is 4.79 Å². The van der Waals surface area contributed by atoms with E-state index in [0.717, 1.165) is 42.9 Å². The van der Waals surface area contributed by atoms with Crippen molar-refractivity contribution in [2.24, 2.45) is 0 Å². The second kappa shape index (κ2) is 10.4. The van der Waals surface area contributed by atoms with Crippen molar-refractivity contribution in [3.8, 4) is 0 Å². The van der Waals surface area contributed by atoms with Gasteiger partial charge in [-0.15, -0.1) is 0 Å². The number of anilines is 1. The molecular formula is C21H28N4O3. The van der Waals surface area contributed by atoms with Crippen LogP contribution in [0.15, 0.2) is 42.6 Å². The van der Waals surface area contributed by atoms with Crippen molar-refractivity contribution in [3.05, 3.63) is 59.3 Å². The predicted octanol–water partition coefficient (Wildman–Crippen LogP) is 2.86. The third kappa shape index (κ3) is 5.53. The van der Waals surface area contributed by atoms with Crippen LogP contribution in [0.5, 0.6) is 0 Å². The van der Waals surface area contributed by atoms with Gasteiger partial charge in [0, 0.05) is 31.9 Å². The summed E-state index contributed by atoms with van der Waals surface area (Å²) in [4.78, 5) is 29.8. The summed E-state index contributed by atoms with van der Waals surface area (Å²) in [5, 5.41) is 9.96. The van der Waals surface area contributed by atoms with Gasteiger partial charge in [0.1, 0.15) is 5.82 Å². The first-order valence-electron chi connectivity index (χ1n) is 9.26. The molecule has 3 rings (SSSR count). The summed E-state index contributed by atoms with van der Waals surface area (Å²) in [6.45, 7) is 1.44. The fourth-order valence-electron chi connectivity index (χ4n) is 3.43. The van der Waals surface area contributed by atoms with E-state index in [1.165, 1.54) is 5.56 Å². The molecule has 2 N–H and O–H groups in total. The second-order valence-corrected chi connectivity index (χ2v) is 6.92. The number of benzene rings is 1. The zero-order chi connectivity index (χ0) is 20.5. The molecule has 0 aliphatic carbocycles. The Morgan fingerprint density at radius 1 is 1.32 bits per heavy atom. The Morgan fingerprint density at radius 3 is 2.61 bits per heavy atom. The number of nitrogens with one attached hydrogen (secondary N) is 1. The third-order valence-corrected chi connectivity index (χ3v) is 4.64. The Labute approximate surface area is 166 Å². The first kappa shape index (κ1) is 21.4. The van der Waals surface area contributed by atoms with Gasteiger partial charge in [-0.05, 0) is 62.3 Å². The molecule has 1 aromatic heterocycles. The quantitative estimate of drug-likeness (QED) is 0.771. The molecule has 1 atom stereocenters. The number of nitrogens with zero attached hydrogens (tertiary/aromatic N) is 3. The largest absolute Gasteiger partial charge is 0.483 e. The number of pyridine rings is 1. The van der Waals surface area contributed by atoms with Crippen molar-refractivity contribution in [3.63, 3.8) is 0 Å². The lowest BCUT2D eigenvalue weighted by atomic mass is 10.0. The van der Waals surface area contributed by atoms with E-state index in [0.29, 0.717) is 0 Å². The Morgan fingerprint density at radius 2 is 2.00 bits per heavy atom. The van der Waals surface area contributed by atoms with E-state index in [4.69, 9.17) is 9.90 Å². The van der Waals surface area contributed by atoms with Crippen molar-refractivity contribution in [1.29, 1.82) is 0 Å². The lowest BCUT2D eigenvalue weighted by Gasteiger charge is -2.25. The summed E-state index contributed by atoms with van der Waals surface area (Å²) in [5.74, 6) is 0.951. The Balaban J connectivity index is 0.000000878. The Kier molecular flexibility index (Phi) is 7.95. The molecule has 1 saturated heterocycles. The van der Waals surface area contributed by atoms with E-state index >= 15 is 0 Å². The van der Waals surface area contributed by atoms with Gasteiger partial charge in [-0.25, -0.2) is 4.98 Å². The molecule has 0 saturated carbocycles. The van der Waals surface area contributed by atoms with Crippen LogP contribution < -0.4 is 5.32 Å². The fraction of sp³-hybridized carbons (Fsp3) is 0.381. The molecule has 0 bridgehead atoms. The van der Waals surface area contributed by atoms with Crippen molar-refractivity contribution in [2.75, 3.05) is 33.0 Å². The number of carboxylic acid groups (broad SMARTS) is 1. The van der Waals surface area contributed by atoms with Gasteiger partial charge < -0.3 is 20.2 Å². The SMILES string of the molecule is CNc1cc(C2CCCN2C(=O)c2ccc(CN(C)C)cc2)ccn1.O=CO. The lowest BCUT2D eigenvalue weighted by molar-refractivity contribution is -0.122.